The number of nitrogens with zero attached hydrogens (tertiary/aromatic N) is 2. The zero-order chi connectivity index (χ0) is 23.8. The number of hydrogen-bond donors (Lipinski definition) is 2. The van der Waals surface area contributed by atoms with Gasteiger partial charge in [0.2, 0.25) is 11.8 Å². The smallest absolute Gasteiger partial charge is 0.352 e. The minimum atomic E-state index is -4.57. The summed E-state index contributed by atoms with van der Waals surface area (Å²) in [6, 6.07) is 6.36. The summed E-state index contributed by atoms with van der Waals surface area (Å²) in [5.41, 5.74) is 1.03. The Kier molecular flexibility index (Phi) is 5.88. The van der Waals surface area contributed by atoms with E-state index in [9.17, 15) is 32.3 Å². The van der Waals surface area contributed by atoms with Crippen LogP contribution in [0.25, 0.3) is 0 Å². The maximum Gasteiger partial charge on any atom is 0.433 e. The molecule has 0 spiro atoms. The maximum atomic E-state index is 12.7. The van der Waals surface area contributed by atoms with Gasteiger partial charge in [-0.05, 0) is 42.2 Å². The number of carbonyl (C=O) groups excluding carboxylic acids is 4. The summed E-state index contributed by atoms with van der Waals surface area (Å²) in [4.78, 5) is 53.1. The van der Waals surface area contributed by atoms with Gasteiger partial charge < -0.3 is 10.2 Å². The Morgan fingerprint density at radius 2 is 1.97 bits per heavy atom. The lowest BCUT2D eigenvalue weighted by atomic mass is 10.0. The summed E-state index contributed by atoms with van der Waals surface area (Å²) in [5.74, 6) is -1.64. The van der Waals surface area contributed by atoms with Gasteiger partial charge in [0.25, 0.3) is 11.8 Å². The number of benzene rings is 1. The summed E-state index contributed by atoms with van der Waals surface area (Å²) in [6.07, 6.45) is -2.81. The third-order valence-corrected chi connectivity index (χ3v) is 5.60. The van der Waals surface area contributed by atoms with Crippen molar-refractivity contribution in [3.63, 3.8) is 0 Å². The van der Waals surface area contributed by atoms with Gasteiger partial charge in [0.15, 0.2) is 0 Å². The van der Waals surface area contributed by atoms with E-state index in [0.717, 1.165) is 29.5 Å². The first-order valence-electron chi connectivity index (χ1n) is 10.2. The summed E-state index contributed by atoms with van der Waals surface area (Å²) in [7, 11) is 0. The summed E-state index contributed by atoms with van der Waals surface area (Å²) < 4.78 is 37.7. The van der Waals surface area contributed by atoms with E-state index in [1.807, 2.05) is 6.07 Å². The van der Waals surface area contributed by atoms with Gasteiger partial charge in [0.05, 0.1) is 5.56 Å². The number of imide groups is 1. The van der Waals surface area contributed by atoms with Crippen LogP contribution in [0.1, 0.15) is 50.4 Å². The quantitative estimate of drug-likeness (QED) is 0.662. The second kappa shape index (κ2) is 8.64. The molecule has 11 heteroatoms. The normalized spacial score (nSPS) is 18.2. The molecular formula is C22H19F3N4O4. The predicted molar refractivity (Wildman–Crippen MR) is 108 cm³/mol. The monoisotopic (exact) mass is 460 g/mol. The maximum absolute atomic E-state index is 12.7. The van der Waals surface area contributed by atoms with Crippen LogP contribution in [0.4, 0.5) is 13.2 Å². The van der Waals surface area contributed by atoms with Crippen LogP contribution in [-0.2, 0) is 28.7 Å². The molecule has 1 saturated heterocycles. The first kappa shape index (κ1) is 22.4. The predicted octanol–water partition coefficient (Wildman–Crippen LogP) is 1.83. The van der Waals surface area contributed by atoms with Crippen LogP contribution < -0.4 is 10.6 Å². The number of pyridine rings is 1. The van der Waals surface area contributed by atoms with Gasteiger partial charge in [-0.1, -0.05) is 12.1 Å². The van der Waals surface area contributed by atoms with Crippen LogP contribution >= 0.6 is 0 Å². The highest BCUT2D eigenvalue weighted by molar-refractivity contribution is 6.05. The van der Waals surface area contributed by atoms with E-state index in [-0.39, 0.29) is 43.3 Å². The second-order valence-electron chi connectivity index (χ2n) is 7.83. The third kappa shape index (κ3) is 4.71. The first-order valence-corrected chi connectivity index (χ1v) is 10.2. The lowest BCUT2D eigenvalue weighted by Gasteiger charge is -2.29. The molecule has 33 heavy (non-hydrogen) atoms. The first-order chi connectivity index (χ1) is 15.6. The van der Waals surface area contributed by atoms with Crippen molar-refractivity contribution in [2.75, 3.05) is 6.54 Å². The molecule has 0 bridgehead atoms. The number of hydrogen-bond acceptors (Lipinski definition) is 5. The van der Waals surface area contributed by atoms with Gasteiger partial charge in [-0.25, -0.2) is 0 Å². The summed E-state index contributed by atoms with van der Waals surface area (Å²) in [5, 5.41) is 4.89. The molecule has 1 unspecified atom stereocenters. The molecule has 4 amide bonds. The number of halogens is 3. The van der Waals surface area contributed by atoms with Crippen molar-refractivity contribution in [2.45, 2.75) is 38.0 Å². The van der Waals surface area contributed by atoms with E-state index in [2.05, 4.69) is 15.6 Å². The van der Waals surface area contributed by atoms with Gasteiger partial charge in [-0.2, -0.15) is 13.2 Å². The minimum Gasteiger partial charge on any atom is -0.352 e. The number of carbonyl (C=O) groups is 4. The Hall–Kier alpha value is -3.76. The lowest BCUT2D eigenvalue weighted by Crippen LogP contribution is -2.52. The minimum absolute atomic E-state index is 0.0161. The Morgan fingerprint density at radius 3 is 2.64 bits per heavy atom. The van der Waals surface area contributed by atoms with E-state index < -0.39 is 29.7 Å². The van der Waals surface area contributed by atoms with E-state index in [1.54, 1.807) is 12.1 Å². The molecule has 2 N–H and O–H groups in total. The van der Waals surface area contributed by atoms with Gasteiger partial charge in [0.1, 0.15) is 11.7 Å². The Bertz CT molecular complexity index is 1130. The highest BCUT2D eigenvalue weighted by atomic mass is 19.4. The van der Waals surface area contributed by atoms with Crippen molar-refractivity contribution in [2.24, 2.45) is 0 Å². The molecule has 0 aliphatic carbocycles. The number of fused-ring (bicyclic) bond motifs is 1. The molecule has 8 nitrogen and oxygen atoms in total. The molecule has 1 aromatic heterocycles. The molecular weight excluding hydrogens is 441 g/mol. The standard InChI is InChI=1S/C22H19F3N4O4/c23-22(24,25)17-5-2-13(10-27-17)19(31)26-8-7-12-1-3-15-14(9-12)11-29(21(15)33)16-4-6-18(30)28-20(16)32/h1-3,5,9-10,16H,4,6-8,11H2,(H,26,31)(H,28,30,32). The van der Waals surface area contributed by atoms with Crippen LogP contribution in [-0.4, -0.2) is 46.1 Å². The number of amides is 4. The SMILES string of the molecule is O=C1CCC(N2Cc3cc(CCNC(=O)c4ccc(C(F)(F)F)nc4)ccc3C2=O)C(=O)N1. The summed E-state index contributed by atoms with van der Waals surface area (Å²) in [6.45, 7) is 0.474. The van der Waals surface area contributed by atoms with E-state index in [0.29, 0.717) is 12.0 Å². The van der Waals surface area contributed by atoms with Gasteiger partial charge >= 0.3 is 6.18 Å². The largest absolute Gasteiger partial charge is 0.433 e. The molecule has 3 heterocycles. The molecule has 1 atom stereocenters. The summed E-state index contributed by atoms with van der Waals surface area (Å²) >= 11 is 0. The van der Waals surface area contributed by atoms with Crippen LogP contribution in [0, 0.1) is 0 Å². The average molecular weight is 460 g/mol. The van der Waals surface area contributed by atoms with E-state index in [1.165, 1.54) is 4.90 Å². The highest BCUT2D eigenvalue weighted by Crippen LogP contribution is 2.29. The van der Waals surface area contributed by atoms with Crippen molar-refractivity contribution in [1.82, 2.24) is 20.5 Å². The van der Waals surface area contributed by atoms with Gasteiger partial charge in [-0.3, -0.25) is 29.5 Å². The molecule has 2 aromatic rings. The van der Waals surface area contributed by atoms with Crippen LogP contribution in [0.3, 0.4) is 0 Å². The number of rotatable bonds is 5. The van der Waals surface area contributed by atoms with Crippen molar-refractivity contribution in [3.05, 3.63) is 64.5 Å². The van der Waals surface area contributed by atoms with Gasteiger partial charge in [0, 0.05) is 31.3 Å². The van der Waals surface area contributed by atoms with Gasteiger partial charge in [-0.15, -0.1) is 0 Å². The fourth-order valence-electron chi connectivity index (χ4n) is 3.90. The molecule has 4 rings (SSSR count). The number of alkyl halides is 3. The fraction of sp³-hybridized carbons (Fsp3) is 0.318. The third-order valence-electron chi connectivity index (χ3n) is 5.60. The topological polar surface area (TPSA) is 108 Å². The zero-order valence-electron chi connectivity index (χ0n) is 17.2. The Morgan fingerprint density at radius 1 is 1.18 bits per heavy atom. The van der Waals surface area contributed by atoms with Crippen molar-refractivity contribution < 1.29 is 32.3 Å². The van der Waals surface area contributed by atoms with Crippen LogP contribution in [0.15, 0.2) is 36.5 Å². The number of nitrogens with one attached hydrogen (secondary N) is 2. The van der Waals surface area contributed by atoms with Crippen molar-refractivity contribution in [1.29, 1.82) is 0 Å². The lowest BCUT2D eigenvalue weighted by molar-refractivity contribution is -0.141. The molecule has 0 saturated carbocycles. The van der Waals surface area contributed by atoms with E-state index >= 15 is 0 Å². The molecule has 0 radical (unpaired) electrons. The second-order valence-corrected chi connectivity index (χ2v) is 7.83. The van der Waals surface area contributed by atoms with E-state index in [4.69, 9.17) is 0 Å². The Balaban J connectivity index is 1.34. The zero-order valence-corrected chi connectivity index (χ0v) is 17.2. The molecule has 172 valence electrons. The van der Waals surface area contributed by atoms with Crippen LogP contribution in [0.2, 0.25) is 0 Å². The average Bonchev–Trinajstić information content (AvgIpc) is 3.09. The van der Waals surface area contributed by atoms with Crippen LogP contribution in [0.5, 0.6) is 0 Å². The fourth-order valence-corrected chi connectivity index (χ4v) is 3.90. The molecule has 2 aliphatic rings. The molecule has 1 aromatic carbocycles. The molecule has 1 fully saturated rings. The van der Waals surface area contributed by atoms with Crippen molar-refractivity contribution in [3.8, 4) is 0 Å². The molecule has 2 aliphatic heterocycles. The Labute approximate surface area is 186 Å². The van der Waals surface area contributed by atoms with Crippen molar-refractivity contribution >= 4 is 23.6 Å². The number of piperidine rings is 1. The highest BCUT2D eigenvalue weighted by Gasteiger charge is 2.39. The number of aromatic nitrogens is 1.